The van der Waals surface area contributed by atoms with E-state index in [9.17, 15) is 0 Å². The fraction of sp³-hybridized carbons (Fsp3) is 0.192. The van der Waals surface area contributed by atoms with Crippen molar-refractivity contribution >= 4 is 39.3 Å². The van der Waals surface area contributed by atoms with Crippen LogP contribution < -0.4 is 0 Å². The molecule has 1 aliphatic rings. The van der Waals surface area contributed by atoms with E-state index in [1.54, 1.807) is 0 Å². The zero-order valence-corrected chi connectivity index (χ0v) is 22.0. The Kier molecular flexibility index (Phi) is 16.2. The summed E-state index contributed by atoms with van der Waals surface area (Å²) in [5.74, 6) is 0.560. The van der Waals surface area contributed by atoms with Crippen LogP contribution in [0.2, 0.25) is 0 Å². The van der Waals surface area contributed by atoms with Gasteiger partial charge in [0.1, 0.15) is 0 Å². The van der Waals surface area contributed by atoms with Gasteiger partial charge in [-0.2, -0.15) is 28.7 Å². The van der Waals surface area contributed by atoms with Crippen molar-refractivity contribution < 1.29 is 24.2 Å². The van der Waals surface area contributed by atoms with Crippen molar-refractivity contribution in [3.63, 3.8) is 0 Å². The molecule has 0 aliphatic heterocycles. The standard InChI is InChI=1S/C9H7.C9H13.C7H6.CH3.2ClH.Zr/c1-2-5-9-7-3-6-8(9)4-1;1-6-5-7(2)9(4)8(6)3;1-7-5-3-2-4-6-7;;;;/h1-7H;6H,1-4H3;1-6H;1H3;2*1H;/q2*-1;;-1;;;. The topological polar surface area (TPSA) is 0 Å². The van der Waals surface area contributed by atoms with Gasteiger partial charge < -0.3 is 7.43 Å². The van der Waals surface area contributed by atoms with Gasteiger partial charge in [0, 0.05) is 0 Å². The van der Waals surface area contributed by atoms with Crippen molar-refractivity contribution in [2.45, 2.75) is 27.7 Å². The normalized spacial score (nSPS) is 13.9. The van der Waals surface area contributed by atoms with Crippen molar-refractivity contribution in [3.8, 4) is 0 Å². The molecular formula is C26H31Cl2Zr-3. The van der Waals surface area contributed by atoms with Crippen molar-refractivity contribution in [2.75, 3.05) is 0 Å². The van der Waals surface area contributed by atoms with Crippen LogP contribution in [-0.4, -0.2) is 3.71 Å². The van der Waals surface area contributed by atoms with E-state index in [1.165, 1.54) is 57.3 Å². The molecule has 1 atom stereocenters. The molecule has 1 aliphatic carbocycles. The smallest absolute Gasteiger partial charge is 0.0809 e. The molecule has 3 aromatic rings. The molecule has 4 rings (SSSR count). The van der Waals surface area contributed by atoms with Gasteiger partial charge in [-0.1, -0.05) is 32.8 Å². The molecule has 0 radical (unpaired) electrons. The first-order valence-corrected chi connectivity index (χ1v) is 10.4. The van der Waals surface area contributed by atoms with E-state index < -0.39 is 0 Å². The van der Waals surface area contributed by atoms with Gasteiger partial charge in [0.2, 0.25) is 0 Å². The molecule has 1 unspecified atom stereocenters. The molecule has 29 heavy (non-hydrogen) atoms. The molecule has 0 fully saturated rings. The average molecular weight is 506 g/mol. The molecule has 0 nitrogen and oxygen atoms in total. The third-order valence-electron chi connectivity index (χ3n) is 4.75. The number of allylic oxidation sites excluding steroid dienone is 4. The van der Waals surface area contributed by atoms with Crippen molar-refractivity contribution in [3.05, 3.63) is 109 Å². The van der Waals surface area contributed by atoms with Crippen molar-refractivity contribution in [2.24, 2.45) is 5.92 Å². The van der Waals surface area contributed by atoms with E-state index in [0.717, 1.165) is 0 Å². The van der Waals surface area contributed by atoms with Crippen LogP contribution in [0, 0.1) is 19.4 Å². The molecule has 0 heterocycles. The van der Waals surface area contributed by atoms with Crippen LogP contribution in [0.5, 0.6) is 0 Å². The summed E-state index contributed by atoms with van der Waals surface area (Å²) in [7, 11) is 0. The molecule has 0 spiro atoms. The molecule has 156 valence electrons. The minimum Gasteiger partial charge on any atom is -0.168 e. The van der Waals surface area contributed by atoms with Crippen LogP contribution in [0.1, 0.15) is 33.3 Å². The molecule has 3 heteroatoms. The van der Waals surface area contributed by atoms with E-state index in [4.69, 9.17) is 0 Å². The molecule has 0 aromatic heterocycles. The Morgan fingerprint density at radius 1 is 0.897 bits per heavy atom. The van der Waals surface area contributed by atoms with Gasteiger partial charge in [-0.3, -0.25) is 6.08 Å². The van der Waals surface area contributed by atoms with Crippen LogP contribution in [0.4, 0.5) is 0 Å². The van der Waals surface area contributed by atoms with Gasteiger partial charge >= 0.3 is 63.8 Å². The monoisotopic (exact) mass is 503 g/mol. The average Bonchev–Trinajstić information content (AvgIpc) is 3.24. The number of halogens is 2. The predicted molar refractivity (Wildman–Crippen MR) is 132 cm³/mol. The minimum atomic E-state index is 0. The predicted octanol–water partition coefficient (Wildman–Crippen LogP) is 7.96. The van der Waals surface area contributed by atoms with Gasteiger partial charge in [0.05, 0.1) is 0 Å². The summed E-state index contributed by atoms with van der Waals surface area (Å²) >= 11 is 1.46. The van der Waals surface area contributed by atoms with Gasteiger partial charge in [-0.05, 0) is 0 Å². The van der Waals surface area contributed by atoms with Gasteiger partial charge in [-0.25, -0.2) is 5.57 Å². The Morgan fingerprint density at radius 3 is 1.90 bits per heavy atom. The molecule has 0 amide bonds. The van der Waals surface area contributed by atoms with Crippen LogP contribution in [0.25, 0.3) is 10.8 Å². The van der Waals surface area contributed by atoms with E-state index in [-0.39, 0.29) is 32.2 Å². The quantitative estimate of drug-likeness (QED) is 0.294. The summed E-state index contributed by atoms with van der Waals surface area (Å²) in [6, 6.07) is 25.0. The van der Waals surface area contributed by atoms with E-state index in [0.29, 0.717) is 5.92 Å². The zero-order chi connectivity index (χ0) is 18.9. The van der Waals surface area contributed by atoms with Crippen LogP contribution >= 0.6 is 24.8 Å². The van der Waals surface area contributed by atoms with Crippen LogP contribution in [0.3, 0.4) is 0 Å². The van der Waals surface area contributed by atoms with Gasteiger partial charge in [0.25, 0.3) is 0 Å². The molecule has 3 aromatic carbocycles. The summed E-state index contributed by atoms with van der Waals surface area (Å²) in [6.45, 7) is 8.67. The fourth-order valence-electron chi connectivity index (χ4n) is 2.78. The third-order valence-corrected chi connectivity index (χ3v) is 5.57. The fourth-order valence-corrected chi connectivity index (χ4v) is 3.25. The van der Waals surface area contributed by atoms with E-state index in [2.05, 4.69) is 104 Å². The zero-order valence-electron chi connectivity index (χ0n) is 17.9. The molecule has 0 N–H and O–H groups in total. The molecule has 0 saturated heterocycles. The third kappa shape index (κ3) is 9.48. The SMILES string of the molecule is CC1=[C-]C(C)C(C)=C1C.Cl.Cl.[CH3-].[Zr]=[CH]c1ccccc1.c1ccc2[cH-]ccc2c1. The Morgan fingerprint density at radius 2 is 1.48 bits per heavy atom. The summed E-state index contributed by atoms with van der Waals surface area (Å²) < 4.78 is 2.17. The van der Waals surface area contributed by atoms with E-state index in [1.807, 2.05) is 6.07 Å². The Bertz CT molecular complexity index is 874. The minimum absolute atomic E-state index is 0. The number of rotatable bonds is 1. The second-order valence-electron chi connectivity index (χ2n) is 6.51. The number of hydrogen-bond acceptors (Lipinski definition) is 0. The van der Waals surface area contributed by atoms with Crippen LogP contribution in [-0.2, 0) is 24.2 Å². The molecular weight excluding hydrogens is 474 g/mol. The first-order chi connectivity index (χ1) is 12.5. The number of benzene rings is 2. The maximum atomic E-state index is 3.36. The molecule has 0 bridgehead atoms. The summed E-state index contributed by atoms with van der Waals surface area (Å²) in [5.41, 5.74) is 5.57. The maximum absolute atomic E-state index is 3.36. The molecule has 0 saturated carbocycles. The first-order valence-electron chi connectivity index (χ1n) is 8.96. The number of hydrogen-bond donors (Lipinski definition) is 0. The van der Waals surface area contributed by atoms with Crippen LogP contribution in [0.15, 0.2) is 89.5 Å². The maximum Gasteiger partial charge on any atom is -0.0809 e. The largest absolute Gasteiger partial charge is 0.168 e. The van der Waals surface area contributed by atoms with Crippen molar-refractivity contribution in [1.29, 1.82) is 0 Å². The van der Waals surface area contributed by atoms with Crippen molar-refractivity contribution in [1.82, 2.24) is 0 Å². The van der Waals surface area contributed by atoms with Gasteiger partial charge in [0.15, 0.2) is 0 Å². The second kappa shape index (κ2) is 15.7. The Balaban J connectivity index is 0. The Hall–Kier alpha value is -1.14. The number of fused-ring (bicyclic) bond motifs is 1. The Labute approximate surface area is 204 Å². The van der Waals surface area contributed by atoms with Gasteiger partial charge in [-0.15, -0.1) is 61.4 Å². The first kappa shape index (κ1) is 30.1. The summed E-state index contributed by atoms with van der Waals surface area (Å²) in [6.07, 6.45) is 3.36. The summed E-state index contributed by atoms with van der Waals surface area (Å²) in [4.78, 5) is 0. The van der Waals surface area contributed by atoms with E-state index >= 15 is 0 Å². The summed E-state index contributed by atoms with van der Waals surface area (Å²) in [5, 5.41) is 2.66. The second-order valence-corrected chi connectivity index (χ2v) is 7.22.